The molecule has 2 rings (SSSR count). The summed E-state index contributed by atoms with van der Waals surface area (Å²) >= 11 is 1.99. The fraction of sp³-hybridized carbons (Fsp3) is 0.615. The Kier molecular flexibility index (Phi) is 4.86. The molecule has 0 amide bonds. The Morgan fingerprint density at radius 3 is 2.83 bits per heavy atom. The third-order valence-corrected chi connectivity index (χ3v) is 4.44. The van der Waals surface area contributed by atoms with Gasteiger partial charge in [0.05, 0.1) is 12.3 Å². The quantitative estimate of drug-likeness (QED) is 0.773. The minimum Gasteiger partial charge on any atom is -0.506 e. The number of aliphatic hydroxyl groups is 1. The first-order valence-electron chi connectivity index (χ1n) is 6.30. The highest BCUT2D eigenvalue weighted by molar-refractivity contribution is 7.99. The Labute approximate surface area is 112 Å². The van der Waals surface area contributed by atoms with Gasteiger partial charge in [-0.15, -0.1) is 0 Å². The van der Waals surface area contributed by atoms with Crippen molar-refractivity contribution in [1.82, 2.24) is 10.3 Å². The number of hydrogen-bond acceptors (Lipinski definition) is 5. The maximum Gasteiger partial charge on any atom is 0.141 e. The molecular formula is C13H20N2O2S. The largest absolute Gasteiger partial charge is 0.506 e. The zero-order chi connectivity index (χ0) is 13.0. The number of aromatic nitrogens is 1. The lowest BCUT2D eigenvalue weighted by atomic mass is 10.1. The maximum absolute atomic E-state index is 10.0. The van der Waals surface area contributed by atoms with E-state index in [1.165, 1.54) is 24.3 Å². The lowest BCUT2D eigenvalue weighted by Crippen LogP contribution is -2.32. The van der Waals surface area contributed by atoms with Crippen molar-refractivity contribution in [3.05, 3.63) is 23.0 Å². The van der Waals surface area contributed by atoms with Crippen LogP contribution in [0.1, 0.15) is 29.7 Å². The summed E-state index contributed by atoms with van der Waals surface area (Å²) in [6, 6.07) is 0.519. The SMILES string of the molecule is Cc1ncc(CO)c(CNC2CCSCC2)c1O. The van der Waals surface area contributed by atoms with Crippen molar-refractivity contribution < 1.29 is 10.2 Å². The molecule has 0 bridgehead atoms. The molecular weight excluding hydrogens is 248 g/mol. The van der Waals surface area contributed by atoms with Crippen LogP contribution in [0.15, 0.2) is 6.20 Å². The second-order valence-corrected chi connectivity index (χ2v) is 5.85. The van der Waals surface area contributed by atoms with E-state index in [1.54, 1.807) is 13.1 Å². The van der Waals surface area contributed by atoms with Crippen LogP contribution < -0.4 is 5.32 Å². The van der Waals surface area contributed by atoms with E-state index in [4.69, 9.17) is 0 Å². The fourth-order valence-electron chi connectivity index (χ4n) is 2.17. The summed E-state index contributed by atoms with van der Waals surface area (Å²) in [5, 5.41) is 22.8. The van der Waals surface area contributed by atoms with E-state index in [2.05, 4.69) is 10.3 Å². The fourth-order valence-corrected chi connectivity index (χ4v) is 3.27. The van der Waals surface area contributed by atoms with Crippen molar-refractivity contribution in [3.63, 3.8) is 0 Å². The third kappa shape index (κ3) is 3.16. The Hall–Kier alpha value is -0.780. The average Bonchev–Trinajstić information content (AvgIpc) is 2.41. The molecule has 1 aromatic rings. The number of rotatable bonds is 4. The highest BCUT2D eigenvalue weighted by Gasteiger charge is 2.16. The predicted octanol–water partition coefficient (Wildman–Crippen LogP) is 1.57. The van der Waals surface area contributed by atoms with Gasteiger partial charge in [0.2, 0.25) is 0 Å². The molecule has 1 saturated heterocycles. The molecule has 0 unspecified atom stereocenters. The zero-order valence-corrected chi connectivity index (χ0v) is 11.5. The number of hydrogen-bond donors (Lipinski definition) is 3. The van der Waals surface area contributed by atoms with E-state index < -0.39 is 0 Å². The smallest absolute Gasteiger partial charge is 0.141 e. The molecule has 0 saturated carbocycles. The van der Waals surface area contributed by atoms with Crippen LogP contribution in [0, 0.1) is 6.92 Å². The minimum absolute atomic E-state index is 0.0849. The predicted molar refractivity (Wildman–Crippen MR) is 73.7 cm³/mol. The van der Waals surface area contributed by atoms with Crippen LogP contribution in [0.25, 0.3) is 0 Å². The van der Waals surface area contributed by atoms with E-state index in [0.717, 1.165) is 5.56 Å². The van der Waals surface area contributed by atoms with Gasteiger partial charge in [0.15, 0.2) is 0 Å². The first kappa shape index (κ1) is 13.6. The normalized spacial score (nSPS) is 17.0. The van der Waals surface area contributed by atoms with Crippen molar-refractivity contribution in [3.8, 4) is 5.75 Å². The first-order valence-corrected chi connectivity index (χ1v) is 7.46. The summed E-state index contributed by atoms with van der Waals surface area (Å²) in [7, 11) is 0. The number of thioether (sulfide) groups is 1. The van der Waals surface area contributed by atoms with Crippen LogP contribution in [-0.2, 0) is 13.2 Å². The van der Waals surface area contributed by atoms with Crippen LogP contribution in [0.2, 0.25) is 0 Å². The number of nitrogens with zero attached hydrogens (tertiary/aromatic N) is 1. The van der Waals surface area contributed by atoms with Crippen LogP contribution in [0.4, 0.5) is 0 Å². The molecule has 18 heavy (non-hydrogen) atoms. The average molecular weight is 268 g/mol. The van der Waals surface area contributed by atoms with Gasteiger partial charge in [0, 0.05) is 29.9 Å². The van der Waals surface area contributed by atoms with Gasteiger partial charge >= 0.3 is 0 Å². The van der Waals surface area contributed by atoms with Gasteiger partial charge in [-0.25, -0.2) is 0 Å². The van der Waals surface area contributed by atoms with Crippen molar-refractivity contribution in [2.24, 2.45) is 0 Å². The molecule has 3 N–H and O–H groups in total. The van der Waals surface area contributed by atoms with E-state index in [0.29, 0.717) is 23.8 Å². The highest BCUT2D eigenvalue weighted by atomic mass is 32.2. The molecule has 0 spiro atoms. The van der Waals surface area contributed by atoms with Crippen molar-refractivity contribution in [2.75, 3.05) is 11.5 Å². The number of aromatic hydroxyl groups is 1. The first-order chi connectivity index (χ1) is 8.72. The number of pyridine rings is 1. The van der Waals surface area contributed by atoms with Gasteiger partial charge in [0.1, 0.15) is 5.75 Å². The van der Waals surface area contributed by atoms with Gasteiger partial charge in [-0.05, 0) is 31.3 Å². The van der Waals surface area contributed by atoms with Crippen molar-refractivity contribution in [1.29, 1.82) is 0 Å². The molecule has 1 fully saturated rings. The van der Waals surface area contributed by atoms with E-state index in [9.17, 15) is 10.2 Å². The summed E-state index contributed by atoms with van der Waals surface area (Å²) in [6.07, 6.45) is 3.98. The summed E-state index contributed by atoms with van der Waals surface area (Å²) < 4.78 is 0. The maximum atomic E-state index is 10.0. The van der Waals surface area contributed by atoms with Crippen LogP contribution in [-0.4, -0.2) is 32.7 Å². The Bertz CT molecular complexity index is 406. The van der Waals surface area contributed by atoms with Crippen LogP contribution >= 0.6 is 11.8 Å². The lowest BCUT2D eigenvalue weighted by molar-refractivity contribution is 0.278. The third-order valence-electron chi connectivity index (χ3n) is 3.39. The van der Waals surface area contributed by atoms with E-state index >= 15 is 0 Å². The zero-order valence-electron chi connectivity index (χ0n) is 10.6. The Morgan fingerprint density at radius 2 is 2.17 bits per heavy atom. The molecule has 1 aliphatic rings. The topological polar surface area (TPSA) is 65.4 Å². The molecule has 2 heterocycles. The summed E-state index contributed by atoms with van der Waals surface area (Å²) in [5.41, 5.74) is 2.10. The van der Waals surface area contributed by atoms with Crippen molar-refractivity contribution in [2.45, 2.75) is 39.0 Å². The van der Waals surface area contributed by atoms with Gasteiger partial charge in [-0.2, -0.15) is 11.8 Å². The second kappa shape index (κ2) is 6.41. The summed E-state index contributed by atoms with van der Waals surface area (Å²) in [5.74, 6) is 2.61. The van der Waals surface area contributed by atoms with E-state index in [-0.39, 0.29) is 12.4 Å². The second-order valence-electron chi connectivity index (χ2n) is 4.62. The monoisotopic (exact) mass is 268 g/mol. The van der Waals surface area contributed by atoms with Crippen molar-refractivity contribution >= 4 is 11.8 Å². The molecule has 4 nitrogen and oxygen atoms in total. The van der Waals surface area contributed by atoms with Gasteiger partial charge in [-0.1, -0.05) is 0 Å². The Morgan fingerprint density at radius 1 is 1.44 bits per heavy atom. The molecule has 0 atom stereocenters. The molecule has 0 aromatic carbocycles. The summed E-state index contributed by atoms with van der Waals surface area (Å²) in [6.45, 7) is 2.29. The minimum atomic E-state index is -0.0849. The Balaban J connectivity index is 2.05. The standard InChI is InChI=1S/C13H20N2O2S/c1-9-13(17)12(10(8-16)6-14-9)7-15-11-2-4-18-5-3-11/h6,11,15-17H,2-5,7-8H2,1H3. The molecule has 1 aliphatic heterocycles. The summed E-state index contributed by atoms with van der Waals surface area (Å²) in [4.78, 5) is 4.06. The molecule has 5 heteroatoms. The highest BCUT2D eigenvalue weighted by Crippen LogP contribution is 2.24. The molecule has 1 aromatic heterocycles. The van der Waals surface area contributed by atoms with Gasteiger partial charge < -0.3 is 15.5 Å². The lowest BCUT2D eigenvalue weighted by Gasteiger charge is -2.23. The molecule has 0 radical (unpaired) electrons. The van der Waals surface area contributed by atoms with E-state index in [1.807, 2.05) is 11.8 Å². The van der Waals surface area contributed by atoms with Crippen LogP contribution in [0.5, 0.6) is 5.75 Å². The van der Waals surface area contributed by atoms with Gasteiger partial charge in [0.25, 0.3) is 0 Å². The molecule has 0 aliphatic carbocycles. The number of aliphatic hydroxyl groups excluding tert-OH is 1. The molecule has 100 valence electrons. The number of aryl methyl sites for hydroxylation is 1. The van der Waals surface area contributed by atoms with Crippen LogP contribution in [0.3, 0.4) is 0 Å². The number of nitrogens with one attached hydrogen (secondary N) is 1. The van der Waals surface area contributed by atoms with Gasteiger partial charge in [-0.3, -0.25) is 4.98 Å².